The number of sulfonamides is 1. The molecule has 13 heteroatoms. The minimum atomic E-state index is -3.68. The molecule has 0 atom stereocenters. The summed E-state index contributed by atoms with van der Waals surface area (Å²) in [6.45, 7) is 3.49. The number of benzene rings is 1. The molecule has 0 spiro atoms. The maximum atomic E-state index is 13.8. The molecule has 0 unspecified atom stereocenters. The van der Waals surface area contributed by atoms with E-state index in [-0.39, 0.29) is 76.7 Å². The SMILES string of the molecule is CC(C)NC(=O)c1cc(F)ccc1CNC(=O)c1nc(N2CCCCS2(=O)=O)c2cccnc2c1[O-].[Na+]. The number of amides is 2. The molecule has 1 aromatic carbocycles. The normalized spacial score (nSPS) is 14.8. The van der Waals surface area contributed by atoms with Crippen molar-refractivity contribution in [3.63, 3.8) is 0 Å². The van der Waals surface area contributed by atoms with E-state index < -0.39 is 39.1 Å². The number of rotatable bonds is 6. The minimum absolute atomic E-state index is 0. The Balaban J connectivity index is 0.00000380. The first-order valence-corrected chi connectivity index (χ1v) is 13.0. The fourth-order valence-corrected chi connectivity index (χ4v) is 5.58. The zero-order chi connectivity index (χ0) is 26.0. The van der Waals surface area contributed by atoms with Crippen LogP contribution >= 0.6 is 0 Å². The topological polar surface area (TPSA) is 144 Å². The van der Waals surface area contributed by atoms with Crippen molar-refractivity contribution in [3.05, 3.63) is 59.2 Å². The Morgan fingerprint density at radius 2 is 1.95 bits per heavy atom. The molecule has 3 aromatic rings. The van der Waals surface area contributed by atoms with Gasteiger partial charge in [-0.3, -0.25) is 18.9 Å². The summed E-state index contributed by atoms with van der Waals surface area (Å²) in [6.07, 6.45) is 2.49. The van der Waals surface area contributed by atoms with E-state index >= 15 is 0 Å². The molecule has 37 heavy (non-hydrogen) atoms. The molecule has 0 aliphatic carbocycles. The van der Waals surface area contributed by atoms with E-state index in [0.717, 1.165) is 16.4 Å². The predicted molar refractivity (Wildman–Crippen MR) is 130 cm³/mol. The number of fused-ring (bicyclic) bond motifs is 1. The third kappa shape index (κ3) is 6.20. The molecule has 0 radical (unpaired) electrons. The van der Waals surface area contributed by atoms with Gasteiger partial charge < -0.3 is 15.7 Å². The molecular formula is C24H25FN5NaO5S. The van der Waals surface area contributed by atoms with Crippen LogP contribution in [0, 0.1) is 5.82 Å². The molecule has 0 bridgehead atoms. The van der Waals surface area contributed by atoms with E-state index in [1.54, 1.807) is 19.9 Å². The van der Waals surface area contributed by atoms with E-state index in [4.69, 9.17) is 0 Å². The Morgan fingerprint density at radius 1 is 1.19 bits per heavy atom. The van der Waals surface area contributed by atoms with Gasteiger partial charge in [-0.2, -0.15) is 0 Å². The molecule has 1 aliphatic rings. The molecule has 1 aliphatic heterocycles. The Hall–Kier alpha value is -2.80. The van der Waals surface area contributed by atoms with Crippen molar-refractivity contribution in [2.24, 2.45) is 0 Å². The summed E-state index contributed by atoms with van der Waals surface area (Å²) in [7, 11) is -3.68. The number of aromatic nitrogens is 2. The van der Waals surface area contributed by atoms with Gasteiger partial charge in [0.1, 0.15) is 11.5 Å². The summed E-state index contributed by atoms with van der Waals surface area (Å²) in [6, 6.07) is 6.49. The second kappa shape index (κ2) is 11.7. The van der Waals surface area contributed by atoms with Gasteiger partial charge >= 0.3 is 29.6 Å². The zero-order valence-electron chi connectivity index (χ0n) is 20.7. The predicted octanol–water partition coefficient (Wildman–Crippen LogP) is -1.16. The number of anilines is 1. The van der Waals surface area contributed by atoms with Crippen molar-refractivity contribution in [1.29, 1.82) is 0 Å². The number of nitrogens with one attached hydrogen (secondary N) is 2. The van der Waals surface area contributed by atoms with Crippen molar-refractivity contribution in [3.8, 4) is 5.75 Å². The van der Waals surface area contributed by atoms with Crippen molar-refractivity contribution >= 4 is 38.6 Å². The summed E-state index contributed by atoms with van der Waals surface area (Å²) >= 11 is 0. The second-order valence-electron chi connectivity index (χ2n) is 8.72. The third-order valence-corrected chi connectivity index (χ3v) is 7.50. The fraction of sp³-hybridized carbons (Fsp3) is 0.333. The molecule has 10 nitrogen and oxygen atoms in total. The van der Waals surface area contributed by atoms with Crippen LogP contribution in [0.5, 0.6) is 5.75 Å². The van der Waals surface area contributed by atoms with Gasteiger partial charge in [0.2, 0.25) is 10.0 Å². The van der Waals surface area contributed by atoms with Gasteiger partial charge in [0.25, 0.3) is 11.8 Å². The van der Waals surface area contributed by atoms with E-state index in [1.807, 2.05) is 0 Å². The molecule has 1 saturated heterocycles. The first kappa shape index (κ1) is 28.8. The third-order valence-electron chi connectivity index (χ3n) is 5.67. The van der Waals surface area contributed by atoms with Gasteiger partial charge in [0, 0.05) is 36.3 Å². The molecule has 3 heterocycles. The number of halogens is 1. The Morgan fingerprint density at radius 3 is 2.65 bits per heavy atom. The maximum absolute atomic E-state index is 13.8. The summed E-state index contributed by atoms with van der Waals surface area (Å²) in [5.74, 6) is -2.84. The molecule has 4 rings (SSSR count). The minimum Gasteiger partial charge on any atom is -0.869 e. The van der Waals surface area contributed by atoms with Crippen molar-refractivity contribution < 1.29 is 57.1 Å². The summed E-state index contributed by atoms with van der Waals surface area (Å²) < 4.78 is 40.4. The number of nitrogens with zero attached hydrogens (tertiary/aromatic N) is 3. The Labute approximate surface area is 236 Å². The van der Waals surface area contributed by atoms with Gasteiger partial charge in [0.05, 0.1) is 11.3 Å². The van der Waals surface area contributed by atoms with Crippen LogP contribution < -0.4 is 49.6 Å². The molecule has 2 aromatic heterocycles. The number of pyridine rings is 2. The number of carbonyl (C=O) groups excluding carboxylic acids is 2. The van der Waals surface area contributed by atoms with Crippen LogP contribution in [0.25, 0.3) is 10.9 Å². The molecule has 190 valence electrons. The van der Waals surface area contributed by atoms with Crippen LogP contribution in [-0.2, 0) is 16.6 Å². The molecule has 1 fully saturated rings. The summed E-state index contributed by atoms with van der Waals surface area (Å²) in [4.78, 5) is 33.8. The van der Waals surface area contributed by atoms with Gasteiger partial charge in [-0.15, -0.1) is 0 Å². The van der Waals surface area contributed by atoms with E-state index in [1.165, 1.54) is 18.3 Å². The largest absolute Gasteiger partial charge is 1.00 e. The van der Waals surface area contributed by atoms with Gasteiger partial charge in [-0.05, 0) is 62.3 Å². The van der Waals surface area contributed by atoms with Crippen molar-refractivity contribution in [1.82, 2.24) is 20.6 Å². The van der Waals surface area contributed by atoms with Gasteiger partial charge in [-0.25, -0.2) is 17.8 Å². The average Bonchev–Trinajstić information content (AvgIpc) is 2.83. The van der Waals surface area contributed by atoms with Crippen LogP contribution in [0.3, 0.4) is 0 Å². The second-order valence-corrected chi connectivity index (χ2v) is 10.7. The summed E-state index contributed by atoms with van der Waals surface area (Å²) in [5, 5.41) is 18.5. The number of hydrogen-bond acceptors (Lipinski definition) is 7. The Kier molecular flexibility index (Phi) is 9.11. The first-order chi connectivity index (χ1) is 17.1. The molecular weight excluding hydrogens is 512 g/mol. The first-order valence-electron chi connectivity index (χ1n) is 11.4. The van der Waals surface area contributed by atoms with Crippen LogP contribution in [0.15, 0.2) is 36.5 Å². The van der Waals surface area contributed by atoms with Crippen LogP contribution in [0.2, 0.25) is 0 Å². The monoisotopic (exact) mass is 537 g/mol. The van der Waals surface area contributed by atoms with Gasteiger partial charge in [0.15, 0.2) is 5.82 Å². The van der Waals surface area contributed by atoms with Crippen LogP contribution in [0.4, 0.5) is 10.2 Å². The molecule has 2 N–H and O–H groups in total. The zero-order valence-corrected chi connectivity index (χ0v) is 23.6. The average molecular weight is 538 g/mol. The smallest absolute Gasteiger partial charge is 0.869 e. The standard InChI is InChI=1S/C24H26FN5O5S.Na/c1-14(2)28-23(32)18-12-16(25)8-7-15(18)13-27-24(33)20-21(31)19-17(6-5-9-26-19)22(29-20)30-10-3-4-11-36(30,34)35;/h5-9,12,14,31H,3-4,10-11,13H2,1-2H3,(H,27,33)(H,28,32);/q;+1/p-1. The van der Waals surface area contributed by atoms with Crippen molar-refractivity contribution in [2.45, 2.75) is 39.3 Å². The van der Waals surface area contributed by atoms with Crippen LogP contribution in [0.1, 0.15) is 53.1 Å². The van der Waals surface area contributed by atoms with Gasteiger partial charge in [-0.1, -0.05) is 6.07 Å². The Bertz CT molecular complexity index is 1450. The number of hydrogen-bond donors (Lipinski definition) is 2. The van der Waals surface area contributed by atoms with Crippen LogP contribution in [-0.4, -0.2) is 48.5 Å². The molecule has 0 saturated carbocycles. The number of carbonyl (C=O) groups is 2. The fourth-order valence-electron chi connectivity index (χ4n) is 3.98. The van der Waals surface area contributed by atoms with E-state index in [9.17, 15) is 27.5 Å². The van der Waals surface area contributed by atoms with E-state index in [2.05, 4.69) is 20.6 Å². The van der Waals surface area contributed by atoms with E-state index in [0.29, 0.717) is 18.4 Å². The van der Waals surface area contributed by atoms with Crippen molar-refractivity contribution in [2.75, 3.05) is 16.6 Å². The molecule has 2 amide bonds. The summed E-state index contributed by atoms with van der Waals surface area (Å²) in [5.41, 5.74) is -0.229. The quantitative estimate of drug-likeness (QED) is 0.378. The maximum Gasteiger partial charge on any atom is 1.00 e.